The summed E-state index contributed by atoms with van der Waals surface area (Å²) in [6.45, 7) is 4.16. The first-order chi connectivity index (χ1) is 9.31. The molecule has 2 aromatic rings. The van der Waals surface area contributed by atoms with Gasteiger partial charge >= 0.3 is 0 Å². The number of H-pyrrole nitrogens is 1. The highest BCUT2D eigenvalue weighted by Crippen LogP contribution is 2.25. The van der Waals surface area contributed by atoms with E-state index in [-0.39, 0.29) is 6.61 Å². The van der Waals surface area contributed by atoms with Crippen LogP contribution in [0.5, 0.6) is 0 Å². The van der Waals surface area contributed by atoms with Gasteiger partial charge in [0, 0.05) is 18.7 Å². The van der Waals surface area contributed by atoms with Crippen molar-refractivity contribution in [1.82, 2.24) is 15.5 Å². The van der Waals surface area contributed by atoms with Crippen molar-refractivity contribution in [1.29, 1.82) is 0 Å². The first-order valence-electron chi connectivity index (χ1n) is 6.69. The maximum absolute atomic E-state index is 8.95. The number of aromatic amines is 1. The van der Waals surface area contributed by atoms with Crippen molar-refractivity contribution < 1.29 is 5.11 Å². The van der Waals surface area contributed by atoms with E-state index in [1.165, 1.54) is 10.4 Å². The van der Waals surface area contributed by atoms with E-state index in [4.69, 9.17) is 5.11 Å². The first-order valence-corrected chi connectivity index (χ1v) is 7.57. The van der Waals surface area contributed by atoms with Crippen LogP contribution in [0.1, 0.15) is 25.3 Å². The molecule has 2 heterocycles. The quantitative estimate of drug-likeness (QED) is 0.651. The van der Waals surface area contributed by atoms with Crippen LogP contribution in [0.3, 0.4) is 0 Å². The lowest BCUT2D eigenvalue weighted by Crippen LogP contribution is -2.16. The molecule has 5 heteroatoms. The Hall–Kier alpha value is -1.17. The number of hydrogen-bond acceptors (Lipinski definition) is 4. The number of nitrogens with one attached hydrogen (secondary N) is 2. The van der Waals surface area contributed by atoms with Crippen LogP contribution in [0.2, 0.25) is 0 Å². The molecular weight excluding hydrogens is 258 g/mol. The fourth-order valence-electron chi connectivity index (χ4n) is 1.97. The largest absolute Gasteiger partial charge is 0.396 e. The third kappa shape index (κ3) is 4.16. The molecule has 19 heavy (non-hydrogen) atoms. The van der Waals surface area contributed by atoms with E-state index in [0.717, 1.165) is 31.6 Å². The molecule has 0 bridgehead atoms. The van der Waals surface area contributed by atoms with Crippen LogP contribution in [0.4, 0.5) is 0 Å². The lowest BCUT2D eigenvalue weighted by Gasteiger charge is -2.08. The number of aromatic nitrogens is 2. The Morgan fingerprint density at radius 1 is 1.53 bits per heavy atom. The fraction of sp³-hybridized carbons (Fsp3) is 0.500. The monoisotopic (exact) mass is 279 g/mol. The lowest BCUT2D eigenvalue weighted by molar-refractivity contribution is 0.228. The highest BCUT2D eigenvalue weighted by atomic mass is 32.1. The summed E-state index contributed by atoms with van der Waals surface area (Å²) in [7, 11) is 0. The molecule has 0 aromatic carbocycles. The summed E-state index contributed by atoms with van der Waals surface area (Å²) in [5.41, 5.74) is 2.32. The molecule has 0 aliphatic carbocycles. The maximum Gasteiger partial charge on any atom is 0.0794 e. The molecule has 2 aromatic heterocycles. The lowest BCUT2D eigenvalue weighted by atomic mass is 10.1. The average molecular weight is 279 g/mol. The summed E-state index contributed by atoms with van der Waals surface area (Å²) in [4.78, 5) is 1.23. The molecule has 0 aliphatic rings. The van der Waals surface area contributed by atoms with E-state index in [1.54, 1.807) is 11.3 Å². The van der Waals surface area contributed by atoms with Crippen molar-refractivity contribution in [2.24, 2.45) is 5.92 Å². The Morgan fingerprint density at radius 3 is 3.16 bits per heavy atom. The predicted octanol–water partition coefficient (Wildman–Crippen LogP) is 2.64. The van der Waals surface area contributed by atoms with Crippen LogP contribution in [0.15, 0.2) is 23.7 Å². The summed E-state index contributed by atoms with van der Waals surface area (Å²) in [5, 5.41) is 21.6. The van der Waals surface area contributed by atoms with Gasteiger partial charge in [-0.1, -0.05) is 13.0 Å². The van der Waals surface area contributed by atoms with E-state index >= 15 is 0 Å². The van der Waals surface area contributed by atoms with Crippen molar-refractivity contribution in [3.8, 4) is 10.6 Å². The topological polar surface area (TPSA) is 60.9 Å². The van der Waals surface area contributed by atoms with Crippen molar-refractivity contribution in [2.75, 3.05) is 13.2 Å². The first kappa shape index (κ1) is 14.2. The van der Waals surface area contributed by atoms with Crippen LogP contribution in [0.25, 0.3) is 10.6 Å². The van der Waals surface area contributed by atoms with Crippen LogP contribution in [-0.4, -0.2) is 28.5 Å². The highest BCUT2D eigenvalue weighted by molar-refractivity contribution is 7.13. The van der Waals surface area contributed by atoms with Crippen LogP contribution in [0, 0.1) is 5.92 Å². The summed E-state index contributed by atoms with van der Waals surface area (Å²) in [6.07, 6.45) is 4.04. The Bertz CT molecular complexity index is 467. The third-order valence-corrected chi connectivity index (χ3v) is 4.05. The maximum atomic E-state index is 8.95. The second-order valence-electron chi connectivity index (χ2n) is 4.85. The minimum atomic E-state index is 0.282. The predicted molar refractivity (Wildman–Crippen MR) is 79.1 cm³/mol. The van der Waals surface area contributed by atoms with Gasteiger partial charge in [-0.3, -0.25) is 5.10 Å². The zero-order valence-electron chi connectivity index (χ0n) is 11.2. The molecule has 104 valence electrons. The zero-order valence-corrected chi connectivity index (χ0v) is 12.0. The number of rotatable bonds is 8. The van der Waals surface area contributed by atoms with Gasteiger partial charge in [-0.15, -0.1) is 11.3 Å². The molecule has 0 spiro atoms. The Labute approximate surface area is 117 Å². The van der Waals surface area contributed by atoms with Gasteiger partial charge in [-0.25, -0.2) is 0 Å². The van der Waals surface area contributed by atoms with Gasteiger partial charge in [0.2, 0.25) is 0 Å². The Kier molecular flexibility index (Phi) is 5.57. The SMILES string of the molecule is CC(CO)CCCNCc1cn[nH]c1-c1cccs1. The number of nitrogens with zero attached hydrogens (tertiary/aromatic N) is 1. The van der Waals surface area contributed by atoms with E-state index in [1.807, 2.05) is 12.3 Å². The van der Waals surface area contributed by atoms with E-state index in [0.29, 0.717) is 5.92 Å². The van der Waals surface area contributed by atoms with Gasteiger partial charge in [0.05, 0.1) is 16.8 Å². The smallest absolute Gasteiger partial charge is 0.0794 e. The highest BCUT2D eigenvalue weighted by Gasteiger charge is 2.08. The molecule has 0 aliphatic heterocycles. The standard InChI is InChI=1S/C14H21N3OS/c1-11(10-18)4-2-6-15-8-12-9-16-17-14(12)13-5-3-7-19-13/h3,5,7,9,11,15,18H,2,4,6,8,10H2,1H3,(H,16,17). The van der Waals surface area contributed by atoms with Gasteiger partial charge < -0.3 is 10.4 Å². The van der Waals surface area contributed by atoms with Crippen molar-refractivity contribution in [3.63, 3.8) is 0 Å². The Balaban J connectivity index is 1.76. The molecule has 0 fully saturated rings. The summed E-state index contributed by atoms with van der Waals surface area (Å²) in [6, 6.07) is 4.15. The van der Waals surface area contributed by atoms with E-state index < -0.39 is 0 Å². The molecule has 3 N–H and O–H groups in total. The molecule has 0 saturated carbocycles. The number of aliphatic hydroxyl groups excluding tert-OH is 1. The van der Waals surface area contributed by atoms with Crippen LogP contribution >= 0.6 is 11.3 Å². The summed E-state index contributed by atoms with van der Waals surface area (Å²) in [5.74, 6) is 0.400. The molecule has 2 rings (SSSR count). The van der Waals surface area contributed by atoms with Gasteiger partial charge in [0.25, 0.3) is 0 Å². The molecule has 1 unspecified atom stereocenters. The average Bonchev–Trinajstić information content (AvgIpc) is 3.08. The van der Waals surface area contributed by atoms with Gasteiger partial charge in [0.1, 0.15) is 0 Å². The van der Waals surface area contributed by atoms with E-state index in [9.17, 15) is 0 Å². The molecule has 4 nitrogen and oxygen atoms in total. The molecule has 1 atom stereocenters. The number of aliphatic hydroxyl groups is 1. The Morgan fingerprint density at radius 2 is 2.42 bits per heavy atom. The zero-order chi connectivity index (χ0) is 13.5. The van der Waals surface area contributed by atoms with Crippen LogP contribution in [-0.2, 0) is 6.54 Å². The van der Waals surface area contributed by atoms with Gasteiger partial charge in [-0.2, -0.15) is 5.10 Å². The fourth-order valence-corrected chi connectivity index (χ4v) is 2.72. The second kappa shape index (κ2) is 7.43. The molecular formula is C14H21N3OS. The van der Waals surface area contributed by atoms with Crippen molar-refractivity contribution >= 4 is 11.3 Å². The molecule has 0 radical (unpaired) electrons. The summed E-state index contributed by atoms with van der Waals surface area (Å²) < 4.78 is 0. The van der Waals surface area contributed by atoms with Crippen LogP contribution < -0.4 is 5.32 Å². The van der Waals surface area contributed by atoms with Gasteiger partial charge in [0.15, 0.2) is 0 Å². The molecule has 0 saturated heterocycles. The number of thiophene rings is 1. The van der Waals surface area contributed by atoms with E-state index in [2.05, 4.69) is 33.9 Å². The minimum absolute atomic E-state index is 0.282. The third-order valence-electron chi connectivity index (χ3n) is 3.16. The van der Waals surface area contributed by atoms with Crippen molar-refractivity contribution in [2.45, 2.75) is 26.3 Å². The normalized spacial score (nSPS) is 12.7. The molecule has 0 amide bonds. The van der Waals surface area contributed by atoms with Gasteiger partial charge in [-0.05, 0) is 36.8 Å². The summed E-state index contributed by atoms with van der Waals surface area (Å²) >= 11 is 1.72. The minimum Gasteiger partial charge on any atom is -0.396 e. The van der Waals surface area contributed by atoms with Crippen molar-refractivity contribution in [3.05, 3.63) is 29.3 Å². The second-order valence-corrected chi connectivity index (χ2v) is 5.80. The number of hydrogen-bond donors (Lipinski definition) is 3.